The van der Waals surface area contributed by atoms with Crippen LogP contribution in [0, 0.1) is 30.1 Å². The van der Waals surface area contributed by atoms with Crippen molar-refractivity contribution < 1.29 is 9.59 Å². The molecule has 1 heterocycles. The lowest BCUT2D eigenvalue weighted by molar-refractivity contribution is -0.144. The summed E-state index contributed by atoms with van der Waals surface area (Å²) in [4.78, 5) is 26.1. The van der Waals surface area contributed by atoms with E-state index in [4.69, 9.17) is 18.0 Å². The number of hydrogen-bond donors (Lipinski definition) is 3. The highest BCUT2D eigenvalue weighted by atomic mass is 32.1. The number of carbonyl (C=O) groups is 2. The molecule has 1 aromatic rings. The normalized spacial score (nSPS) is 31.0. The van der Waals surface area contributed by atoms with Crippen molar-refractivity contribution in [1.82, 2.24) is 5.32 Å². The second-order valence-corrected chi connectivity index (χ2v) is 10.3. The fourth-order valence-corrected chi connectivity index (χ4v) is 7.53. The third kappa shape index (κ3) is 3.29. The van der Waals surface area contributed by atoms with Crippen LogP contribution in [0.1, 0.15) is 66.2 Å². The Balaban J connectivity index is 1.48. The summed E-state index contributed by atoms with van der Waals surface area (Å²) in [6.07, 6.45) is 7.62. The summed E-state index contributed by atoms with van der Waals surface area (Å²) in [5, 5.41) is 6.90. The van der Waals surface area contributed by atoms with E-state index in [1.807, 2.05) is 13.8 Å². The number of nitrogens with two attached hydrogens (primary N) is 1. The molecule has 0 unspecified atom stereocenters. The summed E-state index contributed by atoms with van der Waals surface area (Å²) in [5.41, 5.74) is 6.78. The van der Waals surface area contributed by atoms with Crippen molar-refractivity contribution in [2.45, 2.75) is 58.8 Å². The maximum atomic E-state index is 13.1. The number of aryl methyl sites for hydroxylation is 1. The molecule has 5 nitrogen and oxygen atoms in total. The largest absolute Gasteiger partial charge is 0.365 e. The monoisotopic (exact) mass is 405 g/mol. The molecule has 4 aliphatic rings. The first-order valence-corrected chi connectivity index (χ1v) is 11.1. The molecule has 0 aliphatic heterocycles. The van der Waals surface area contributed by atoms with Gasteiger partial charge in [0, 0.05) is 4.88 Å². The molecule has 146 valence electrons. The Morgan fingerprint density at radius 1 is 1.19 bits per heavy atom. The molecule has 7 heteroatoms. The van der Waals surface area contributed by atoms with Gasteiger partial charge in [0.1, 0.15) is 5.00 Å². The molecule has 0 saturated heterocycles. The van der Waals surface area contributed by atoms with Gasteiger partial charge in [-0.15, -0.1) is 11.3 Å². The molecule has 4 fully saturated rings. The second-order valence-electron chi connectivity index (χ2n) is 8.66. The van der Waals surface area contributed by atoms with Crippen molar-refractivity contribution in [3.8, 4) is 0 Å². The van der Waals surface area contributed by atoms with E-state index in [0.29, 0.717) is 28.3 Å². The number of rotatable bonds is 4. The highest BCUT2D eigenvalue weighted by Crippen LogP contribution is 2.60. The Kier molecular flexibility index (Phi) is 4.79. The van der Waals surface area contributed by atoms with Crippen molar-refractivity contribution >= 4 is 45.5 Å². The maximum absolute atomic E-state index is 13.1. The quantitative estimate of drug-likeness (QED) is 0.666. The highest BCUT2D eigenvalue weighted by Gasteiger charge is 2.54. The zero-order valence-corrected chi connectivity index (χ0v) is 17.5. The number of anilines is 1. The number of carbonyl (C=O) groups excluding carboxylic acids is 2. The molecule has 27 heavy (non-hydrogen) atoms. The van der Waals surface area contributed by atoms with Crippen molar-refractivity contribution in [3.63, 3.8) is 0 Å². The minimum absolute atomic E-state index is 0.0590. The van der Waals surface area contributed by atoms with Crippen LogP contribution in [0.25, 0.3) is 0 Å². The van der Waals surface area contributed by atoms with Crippen molar-refractivity contribution in [3.05, 3.63) is 16.0 Å². The van der Waals surface area contributed by atoms with Gasteiger partial charge in [0.05, 0.1) is 11.0 Å². The van der Waals surface area contributed by atoms with Crippen LogP contribution in [0.15, 0.2) is 0 Å². The molecule has 4 N–H and O–H groups in total. The zero-order chi connectivity index (χ0) is 19.3. The summed E-state index contributed by atoms with van der Waals surface area (Å²) in [6, 6.07) is 0. The predicted octanol–water partition coefficient (Wildman–Crippen LogP) is 3.75. The van der Waals surface area contributed by atoms with Gasteiger partial charge in [0.2, 0.25) is 5.91 Å². The van der Waals surface area contributed by atoms with Crippen molar-refractivity contribution in [2.24, 2.45) is 28.9 Å². The van der Waals surface area contributed by atoms with Gasteiger partial charge in [-0.25, -0.2) is 0 Å². The minimum atomic E-state index is -0.464. The molecule has 2 amide bonds. The molecule has 4 aliphatic carbocycles. The summed E-state index contributed by atoms with van der Waals surface area (Å²) in [7, 11) is 0. The molecule has 4 bridgehead atoms. The van der Waals surface area contributed by atoms with Crippen LogP contribution in [0.4, 0.5) is 5.00 Å². The summed E-state index contributed by atoms with van der Waals surface area (Å²) >= 11 is 6.87. The average Bonchev–Trinajstić information content (AvgIpc) is 2.88. The van der Waals surface area contributed by atoms with E-state index in [1.54, 1.807) is 0 Å². The maximum Gasteiger partial charge on any atom is 0.251 e. The zero-order valence-electron chi connectivity index (χ0n) is 15.9. The first-order chi connectivity index (χ1) is 12.8. The Labute approximate surface area is 169 Å². The van der Waals surface area contributed by atoms with Gasteiger partial charge in [-0.05, 0) is 87.4 Å². The number of primary amides is 1. The third-order valence-electron chi connectivity index (χ3n) is 6.78. The number of thiocarbonyl (C=S) groups is 1. The molecule has 5 rings (SSSR count). The van der Waals surface area contributed by atoms with Gasteiger partial charge >= 0.3 is 0 Å². The smallest absolute Gasteiger partial charge is 0.251 e. The van der Waals surface area contributed by atoms with Crippen molar-refractivity contribution in [2.75, 3.05) is 5.32 Å². The van der Waals surface area contributed by atoms with Gasteiger partial charge in [-0.2, -0.15) is 0 Å². The van der Waals surface area contributed by atoms with Gasteiger partial charge in [-0.1, -0.05) is 6.92 Å². The molecule has 0 atom stereocenters. The van der Waals surface area contributed by atoms with E-state index >= 15 is 0 Å². The van der Waals surface area contributed by atoms with Crippen LogP contribution in [-0.4, -0.2) is 16.9 Å². The van der Waals surface area contributed by atoms with Gasteiger partial charge in [-0.3, -0.25) is 9.59 Å². The SMILES string of the molecule is CCc1c(C)sc(NC(=S)NC(=O)C23CC4CC(CC(C4)C2)C3)c1C(N)=O. The van der Waals surface area contributed by atoms with Crippen LogP contribution >= 0.6 is 23.6 Å². The summed E-state index contributed by atoms with van der Waals surface area (Å²) in [6.45, 7) is 3.97. The highest BCUT2D eigenvalue weighted by molar-refractivity contribution is 7.80. The number of thiophene rings is 1. The molecular formula is C20H27N3O2S2. The Hall–Kier alpha value is -1.47. The number of nitrogens with one attached hydrogen (secondary N) is 2. The van der Waals surface area contributed by atoms with Gasteiger partial charge < -0.3 is 16.4 Å². The number of amides is 2. The van der Waals surface area contributed by atoms with E-state index in [0.717, 1.165) is 36.1 Å². The first kappa shape index (κ1) is 18.9. The fourth-order valence-electron chi connectivity index (χ4n) is 6.11. The lowest BCUT2D eigenvalue weighted by Crippen LogP contribution is -2.55. The van der Waals surface area contributed by atoms with Crippen LogP contribution in [0.3, 0.4) is 0 Å². The van der Waals surface area contributed by atoms with E-state index in [2.05, 4.69) is 10.6 Å². The standard InChI is InChI=1S/C20H27N3O2S2/c1-3-14-10(2)27-17(15(14)16(21)24)22-19(26)23-18(25)20-7-11-4-12(8-20)6-13(5-11)9-20/h11-13H,3-9H2,1-2H3,(H2,21,24)(H2,22,23,25,26). The summed E-state index contributed by atoms with van der Waals surface area (Å²) < 4.78 is 0. The molecular weight excluding hydrogens is 378 g/mol. The molecule has 0 aromatic carbocycles. The molecule has 4 saturated carbocycles. The second kappa shape index (κ2) is 6.85. The lowest BCUT2D eigenvalue weighted by atomic mass is 9.49. The third-order valence-corrected chi connectivity index (χ3v) is 8.05. The van der Waals surface area contributed by atoms with Crippen LogP contribution in [0.5, 0.6) is 0 Å². The molecule has 0 spiro atoms. The van der Waals surface area contributed by atoms with Gasteiger partial charge in [0.15, 0.2) is 5.11 Å². The van der Waals surface area contributed by atoms with E-state index in [-0.39, 0.29) is 16.4 Å². The topological polar surface area (TPSA) is 84.2 Å². The Morgan fingerprint density at radius 2 is 1.74 bits per heavy atom. The lowest BCUT2D eigenvalue weighted by Gasteiger charge is -2.55. The minimum Gasteiger partial charge on any atom is -0.365 e. The average molecular weight is 406 g/mol. The van der Waals surface area contributed by atoms with Crippen LogP contribution < -0.4 is 16.4 Å². The molecule has 1 aromatic heterocycles. The van der Waals surface area contributed by atoms with Crippen LogP contribution in [-0.2, 0) is 11.2 Å². The van der Waals surface area contributed by atoms with E-state index in [1.165, 1.54) is 30.6 Å². The van der Waals surface area contributed by atoms with Crippen LogP contribution in [0.2, 0.25) is 0 Å². The van der Waals surface area contributed by atoms with E-state index in [9.17, 15) is 9.59 Å². The van der Waals surface area contributed by atoms with Gasteiger partial charge in [0.25, 0.3) is 5.91 Å². The summed E-state index contributed by atoms with van der Waals surface area (Å²) in [5.74, 6) is 1.71. The van der Waals surface area contributed by atoms with E-state index < -0.39 is 5.91 Å². The Bertz CT molecular complexity index is 779. The predicted molar refractivity (Wildman–Crippen MR) is 112 cm³/mol. The molecule has 0 radical (unpaired) electrons. The number of hydrogen-bond acceptors (Lipinski definition) is 4. The fraction of sp³-hybridized carbons (Fsp3) is 0.650. The first-order valence-electron chi connectivity index (χ1n) is 9.85. The Morgan fingerprint density at radius 3 is 2.22 bits per heavy atom. The van der Waals surface area contributed by atoms with Crippen molar-refractivity contribution in [1.29, 1.82) is 0 Å².